The van der Waals surface area contributed by atoms with Crippen molar-refractivity contribution in [1.82, 2.24) is 14.9 Å². The van der Waals surface area contributed by atoms with Crippen LogP contribution in [0, 0.1) is 5.82 Å². The van der Waals surface area contributed by atoms with Gasteiger partial charge in [0.05, 0.1) is 24.6 Å². The lowest BCUT2D eigenvalue weighted by molar-refractivity contribution is 0.122. The molecule has 156 valence electrons. The molecule has 0 spiro atoms. The van der Waals surface area contributed by atoms with Crippen LogP contribution in [0.4, 0.5) is 21.7 Å². The normalized spacial score (nSPS) is 19.9. The second kappa shape index (κ2) is 8.51. The van der Waals surface area contributed by atoms with E-state index >= 15 is 0 Å². The molecule has 2 fully saturated rings. The minimum Gasteiger partial charge on any atom is -0.397 e. The number of anilines is 3. The minimum absolute atomic E-state index is 0.302. The first-order chi connectivity index (χ1) is 14.1. The molecular weight excluding hydrogens is 371 g/mol. The summed E-state index contributed by atoms with van der Waals surface area (Å²) < 4.78 is 20.3. The molecule has 0 saturated carbocycles. The van der Waals surface area contributed by atoms with Gasteiger partial charge in [-0.2, -0.15) is 0 Å². The highest BCUT2D eigenvalue weighted by Gasteiger charge is 2.27. The monoisotopic (exact) mass is 400 g/mol. The maximum absolute atomic E-state index is 15.0. The zero-order valence-corrected chi connectivity index (χ0v) is 17.1. The Kier molecular flexibility index (Phi) is 5.82. The molecule has 4 rings (SSSR count). The molecule has 0 radical (unpaired) electrons. The summed E-state index contributed by atoms with van der Waals surface area (Å²) in [5, 5.41) is 0. The highest BCUT2D eigenvalue weighted by molar-refractivity contribution is 5.77. The minimum atomic E-state index is -0.302. The van der Waals surface area contributed by atoms with Crippen LogP contribution < -0.4 is 15.5 Å². The lowest BCUT2D eigenvalue weighted by Crippen LogP contribution is -2.37. The van der Waals surface area contributed by atoms with E-state index in [0.717, 1.165) is 44.8 Å². The van der Waals surface area contributed by atoms with Crippen molar-refractivity contribution in [2.75, 3.05) is 68.5 Å². The molecule has 1 aromatic carbocycles. The van der Waals surface area contributed by atoms with E-state index in [9.17, 15) is 4.39 Å². The van der Waals surface area contributed by atoms with Crippen LogP contribution in [0.1, 0.15) is 13.3 Å². The highest BCUT2D eigenvalue weighted by Crippen LogP contribution is 2.34. The third kappa shape index (κ3) is 4.13. The first kappa shape index (κ1) is 19.8. The van der Waals surface area contributed by atoms with Gasteiger partial charge in [0.2, 0.25) is 5.95 Å². The Morgan fingerprint density at radius 1 is 1.17 bits per heavy atom. The molecule has 29 heavy (non-hydrogen) atoms. The van der Waals surface area contributed by atoms with Crippen molar-refractivity contribution in [2.45, 2.75) is 19.4 Å². The van der Waals surface area contributed by atoms with Gasteiger partial charge in [0, 0.05) is 55.7 Å². The van der Waals surface area contributed by atoms with Crippen molar-refractivity contribution >= 4 is 17.3 Å². The Morgan fingerprint density at radius 3 is 2.59 bits per heavy atom. The molecule has 1 unspecified atom stereocenters. The summed E-state index contributed by atoms with van der Waals surface area (Å²) in [6.07, 6.45) is 4.39. The third-order valence-electron chi connectivity index (χ3n) is 5.99. The fourth-order valence-electron chi connectivity index (χ4n) is 4.04. The average Bonchev–Trinajstić information content (AvgIpc) is 3.25. The smallest absolute Gasteiger partial charge is 0.225 e. The summed E-state index contributed by atoms with van der Waals surface area (Å²) in [4.78, 5) is 15.4. The molecule has 1 aromatic heterocycles. The van der Waals surface area contributed by atoms with Crippen LogP contribution in [-0.4, -0.2) is 73.9 Å². The number of ether oxygens (including phenoxy) is 1. The van der Waals surface area contributed by atoms with E-state index in [1.165, 1.54) is 0 Å². The van der Waals surface area contributed by atoms with Crippen LogP contribution >= 0.6 is 0 Å². The average molecular weight is 401 g/mol. The summed E-state index contributed by atoms with van der Waals surface area (Å²) in [6, 6.07) is 3.73. The van der Waals surface area contributed by atoms with Gasteiger partial charge in [-0.05, 0) is 32.1 Å². The Bertz CT molecular complexity index is 840. The SMILES string of the molecule is CCN(C)C1CCN(c2cc(F)c(-c3cnc(N4CCOCC4)nc3)cc2N)C1. The molecule has 0 amide bonds. The number of halogens is 1. The summed E-state index contributed by atoms with van der Waals surface area (Å²) in [5.74, 6) is 0.342. The molecule has 2 aliphatic rings. The summed E-state index contributed by atoms with van der Waals surface area (Å²) in [5.41, 5.74) is 8.73. The van der Waals surface area contributed by atoms with Crippen molar-refractivity contribution in [2.24, 2.45) is 0 Å². The van der Waals surface area contributed by atoms with Gasteiger partial charge in [-0.15, -0.1) is 0 Å². The Morgan fingerprint density at radius 2 is 1.90 bits per heavy atom. The molecule has 2 aliphatic heterocycles. The van der Waals surface area contributed by atoms with Gasteiger partial charge in [-0.3, -0.25) is 0 Å². The summed E-state index contributed by atoms with van der Waals surface area (Å²) in [7, 11) is 2.13. The Labute approximate surface area is 171 Å². The molecule has 1 atom stereocenters. The number of likely N-dealkylation sites (N-methyl/N-ethyl adjacent to an activating group) is 1. The van der Waals surface area contributed by atoms with E-state index in [1.807, 2.05) is 0 Å². The van der Waals surface area contributed by atoms with E-state index in [0.29, 0.717) is 42.0 Å². The number of morpholine rings is 1. The molecule has 0 bridgehead atoms. The number of nitrogens with two attached hydrogens (primary N) is 1. The molecule has 8 heteroatoms. The quantitative estimate of drug-likeness (QED) is 0.772. The number of benzene rings is 1. The fourth-order valence-corrected chi connectivity index (χ4v) is 4.04. The van der Waals surface area contributed by atoms with Gasteiger partial charge in [-0.25, -0.2) is 14.4 Å². The first-order valence-electron chi connectivity index (χ1n) is 10.3. The number of hydrogen-bond donors (Lipinski definition) is 1. The van der Waals surface area contributed by atoms with Gasteiger partial charge in [0.1, 0.15) is 5.82 Å². The van der Waals surface area contributed by atoms with Crippen molar-refractivity contribution in [1.29, 1.82) is 0 Å². The molecule has 3 heterocycles. The van der Waals surface area contributed by atoms with Gasteiger partial charge in [0.25, 0.3) is 0 Å². The largest absolute Gasteiger partial charge is 0.397 e. The number of nitrogen functional groups attached to an aromatic ring is 1. The molecule has 0 aliphatic carbocycles. The van der Waals surface area contributed by atoms with Gasteiger partial charge >= 0.3 is 0 Å². The molecule has 2 saturated heterocycles. The molecule has 2 aromatic rings. The topological polar surface area (TPSA) is 70.8 Å². The highest BCUT2D eigenvalue weighted by atomic mass is 19.1. The summed E-state index contributed by atoms with van der Waals surface area (Å²) in [6.45, 7) is 7.77. The van der Waals surface area contributed by atoms with E-state index in [-0.39, 0.29) is 5.82 Å². The van der Waals surface area contributed by atoms with Crippen molar-refractivity contribution < 1.29 is 9.13 Å². The van der Waals surface area contributed by atoms with Gasteiger partial charge in [-0.1, -0.05) is 6.92 Å². The second-order valence-electron chi connectivity index (χ2n) is 7.72. The lowest BCUT2D eigenvalue weighted by Gasteiger charge is -2.26. The van der Waals surface area contributed by atoms with Crippen molar-refractivity contribution in [3.05, 3.63) is 30.3 Å². The number of nitrogens with zero attached hydrogens (tertiary/aromatic N) is 5. The number of hydrogen-bond acceptors (Lipinski definition) is 7. The second-order valence-corrected chi connectivity index (χ2v) is 7.72. The maximum atomic E-state index is 15.0. The van der Waals surface area contributed by atoms with Crippen LogP contribution in [0.3, 0.4) is 0 Å². The third-order valence-corrected chi connectivity index (χ3v) is 5.99. The van der Waals surface area contributed by atoms with Crippen LogP contribution in [-0.2, 0) is 4.74 Å². The van der Waals surface area contributed by atoms with Crippen LogP contribution in [0.15, 0.2) is 24.5 Å². The first-order valence-corrected chi connectivity index (χ1v) is 10.3. The van der Waals surface area contributed by atoms with Gasteiger partial charge < -0.3 is 25.2 Å². The van der Waals surface area contributed by atoms with E-state index in [2.05, 4.69) is 38.6 Å². The molecule has 7 nitrogen and oxygen atoms in total. The predicted octanol–water partition coefficient (Wildman–Crippen LogP) is 2.23. The Hall–Kier alpha value is -2.45. The van der Waals surface area contributed by atoms with Crippen LogP contribution in [0.2, 0.25) is 0 Å². The van der Waals surface area contributed by atoms with Crippen LogP contribution in [0.5, 0.6) is 0 Å². The van der Waals surface area contributed by atoms with E-state index in [4.69, 9.17) is 10.5 Å². The number of aromatic nitrogens is 2. The Balaban J connectivity index is 1.53. The maximum Gasteiger partial charge on any atom is 0.225 e. The molecule has 2 N–H and O–H groups in total. The van der Waals surface area contributed by atoms with Crippen LogP contribution in [0.25, 0.3) is 11.1 Å². The predicted molar refractivity (Wildman–Crippen MR) is 114 cm³/mol. The standard InChI is InChI=1S/C21H29FN6O/c1-3-26(2)16-4-5-28(14-16)20-11-18(22)17(10-19(20)23)15-12-24-21(25-13-15)27-6-8-29-9-7-27/h10-13,16H,3-9,14,23H2,1-2H3. The van der Waals surface area contributed by atoms with Crippen molar-refractivity contribution in [3.63, 3.8) is 0 Å². The molecular formula is C21H29FN6O. The zero-order chi connectivity index (χ0) is 20.4. The number of rotatable bonds is 5. The zero-order valence-electron chi connectivity index (χ0n) is 17.1. The van der Waals surface area contributed by atoms with Gasteiger partial charge in [0.15, 0.2) is 0 Å². The van der Waals surface area contributed by atoms with E-state index in [1.54, 1.807) is 24.5 Å². The summed E-state index contributed by atoms with van der Waals surface area (Å²) >= 11 is 0. The van der Waals surface area contributed by atoms with E-state index < -0.39 is 0 Å². The lowest BCUT2D eigenvalue weighted by atomic mass is 10.1. The van der Waals surface area contributed by atoms with Crippen molar-refractivity contribution in [3.8, 4) is 11.1 Å². The fraction of sp³-hybridized carbons (Fsp3) is 0.524.